The van der Waals surface area contributed by atoms with Gasteiger partial charge < -0.3 is 5.11 Å². The lowest BCUT2D eigenvalue weighted by Gasteiger charge is -2.07. The minimum atomic E-state index is -0.960. The lowest BCUT2D eigenvalue weighted by atomic mass is 9.99. The van der Waals surface area contributed by atoms with Gasteiger partial charge in [0.05, 0.1) is 11.9 Å². The fourth-order valence-electron chi connectivity index (χ4n) is 1.97. The molecule has 0 aliphatic rings. The highest BCUT2D eigenvalue weighted by atomic mass is 16.4. The van der Waals surface area contributed by atoms with Gasteiger partial charge in [-0.05, 0) is 24.6 Å². The molecule has 0 saturated heterocycles. The minimum Gasteiger partial charge on any atom is -0.481 e. The summed E-state index contributed by atoms with van der Waals surface area (Å²) < 4.78 is 0. The maximum Gasteiger partial charge on any atom is 0.303 e. The van der Waals surface area contributed by atoms with Gasteiger partial charge in [-0.25, -0.2) is 0 Å². The maximum absolute atomic E-state index is 12.0. The van der Waals surface area contributed by atoms with Crippen LogP contribution in [0.3, 0.4) is 0 Å². The molecule has 0 atom stereocenters. The summed E-state index contributed by atoms with van der Waals surface area (Å²) in [6.45, 7) is 1.91. The molecule has 0 amide bonds. The first-order chi connectivity index (χ1) is 8.59. The summed E-state index contributed by atoms with van der Waals surface area (Å²) in [6.07, 6.45) is 1.45. The molecule has 18 heavy (non-hydrogen) atoms. The lowest BCUT2D eigenvalue weighted by Crippen LogP contribution is -2.05. The van der Waals surface area contributed by atoms with Gasteiger partial charge in [0.2, 0.25) is 0 Å². The molecule has 1 aromatic carbocycles. The van der Waals surface area contributed by atoms with Crippen molar-refractivity contribution in [3.8, 4) is 0 Å². The van der Waals surface area contributed by atoms with Crippen molar-refractivity contribution in [1.29, 1.82) is 0 Å². The molecule has 2 rings (SSSR count). The molecule has 0 radical (unpaired) electrons. The molecule has 0 spiro atoms. The third-order valence-corrected chi connectivity index (χ3v) is 2.84. The number of nitrogens with zero attached hydrogens (tertiary/aromatic N) is 1. The topological polar surface area (TPSA) is 67.3 Å². The molecule has 2 aromatic rings. The Morgan fingerprint density at radius 2 is 2.00 bits per heavy atom. The zero-order chi connectivity index (χ0) is 13.1. The zero-order valence-electron chi connectivity index (χ0n) is 10.0. The predicted molar refractivity (Wildman–Crippen MR) is 67.7 cm³/mol. The summed E-state index contributed by atoms with van der Waals surface area (Å²) in [6, 6.07) is 7.30. The molecule has 92 valence electrons. The zero-order valence-corrected chi connectivity index (χ0v) is 10.0. The SMILES string of the molecule is Cc1cccc2nccc(C(=O)CCC(=O)O)c12. The van der Waals surface area contributed by atoms with E-state index in [0.29, 0.717) is 5.56 Å². The van der Waals surface area contributed by atoms with E-state index in [1.807, 2.05) is 25.1 Å². The second kappa shape index (κ2) is 4.96. The summed E-state index contributed by atoms with van der Waals surface area (Å²) in [5, 5.41) is 9.43. The Balaban J connectivity index is 2.44. The lowest BCUT2D eigenvalue weighted by molar-refractivity contribution is -0.136. The van der Waals surface area contributed by atoms with Crippen molar-refractivity contribution in [2.45, 2.75) is 19.8 Å². The van der Waals surface area contributed by atoms with Crippen LogP contribution < -0.4 is 0 Å². The molecule has 0 aliphatic heterocycles. The second-order valence-corrected chi connectivity index (χ2v) is 4.14. The second-order valence-electron chi connectivity index (χ2n) is 4.14. The van der Waals surface area contributed by atoms with Crippen molar-refractivity contribution in [2.75, 3.05) is 0 Å². The van der Waals surface area contributed by atoms with Crippen molar-refractivity contribution in [3.05, 3.63) is 41.6 Å². The summed E-state index contributed by atoms with van der Waals surface area (Å²) in [5.41, 5.74) is 2.29. The standard InChI is InChI=1S/C14H13NO3/c1-9-3-2-4-11-14(9)10(7-8-15-11)12(16)5-6-13(17)18/h2-4,7-8H,5-6H2,1H3,(H,17,18). The number of hydrogen-bond acceptors (Lipinski definition) is 3. The van der Waals surface area contributed by atoms with Crippen LogP contribution in [0.5, 0.6) is 0 Å². The molecule has 1 aromatic heterocycles. The molecule has 0 bridgehead atoms. The van der Waals surface area contributed by atoms with E-state index in [1.165, 1.54) is 0 Å². The van der Waals surface area contributed by atoms with Crippen LogP contribution in [0.4, 0.5) is 0 Å². The van der Waals surface area contributed by atoms with Crippen molar-refractivity contribution < 1.29 is 14.7 Å². The number of carboxylic acid groups (broad SMARTS) is 1. The molecule has 0 aliphatic carbocycles. The smallest absolute Gasteiger partial charge is 0.303 e. The van der Waals surface area contributed by atoms with Gasteiger partial charge >= 0.3 is 5.97 Å². The number of benzene rings is 1. The van der Waals surface area contributed by atoms with E-state index in [2.05, 4.69) is 4.98 Å². The average Bonchev–Trinajstić information content (AvgIpc) is 2.35. The average molecular weight is 243 g/mol. The number of Topliss-reactive ketones (excluding diaryl/α,β-unsaturated/α-hetero) is 1. The highest BCUT2D eigenvalue weighted by molar-refractivity contribution is 6.08. The predicted octanol–water partition coefficient (Wildman–Crippen LogP) is 2.59. The van der Waals surface area contributed by atoms with Gasteiger partial charge in [0.15, 0.2) is 5.78 Å². The van der Waals surface area contributed by atoms with E-state index >= 15 is 0 Å². The first kappa shape index (κ1) is 12.2. The van der Waals surface area contributed by atoms with E-state index in [-0.39, 0.29) is 18.6 Å². The Morgan fingerprint density at radius 3 is 2.72 bits per heavy atom. The van der Waals surface area contributed by atoms with E-state index in [1.54, 1.807) is 12.3 Å². The van der Waals surface area contributed by atoms with Crippen LogP contribution in [0, 0.1) is 6.92 Å². The monoisotopic (exact) mass is 243 g/mol. The number of aromatic nitrogens is 1. The Labute approximate surface area is 104 Å². The first-order valence-corrected chi connectivity index (χ1v) is 5.69. The van der Waals surface area contributed by atoms with E-state index < -0.39 is 5.97 Å². The fraction of sp³-hybridized carbons (Fsp3) is 0.214. The van der Waals surface area contributed by atoms with Gasteiger partial charge in [-0.2, -0.15) is 0 Å². The van der Waals surface area contributed by atoms with E-state index in [0.717, 1.165) is 16.5 Å². The molecule has 0 fully saturated rings. The summed E-state index contributed by atoms with van der Waals surface area (Å²) >= 11 is 0. The molecular formula is C14H13NO3. The minimum absolute atomic E-state index is 0.0166. The Bertz CT molecular complexity index is 614. The number of ketones is 1. The van der Waals surface area contributed by atoms with Gasteiger partial charge in [-0.15, -0.1) is 0 Å². The third-order valence-electron chi connectivity index (χ3n) is 2.84. The quantitative estimate of drug-likeness (QED) is 0.838. The van der Waals surface area contributed by atoms with Crippen LogP contribution in [-0.4, -0.2) is 21.8 Å². The number of aliphatic carboxylic acids is 1. The number of carboxylic acids is 1. The largest absolute Gasteiger partial charge is 0.481 e. The van der Waals surface area contributed by atoms with Gasteiger partial charge in [0, 0.05) is 23.6 Å². The Morgan fingerprint density at radius 1 is 1.22 bits per heavy atom. The highest BCUT2D eigenvalue weighted by Gasteiger charge is 2.13. The van der Waals surface area contributed by atoms with Crippen LogP contribution in [0.15, 0.2) is 30.5 Å². The molecule has 0 saturated carbocycles. The van der Waals surface area contributed by atoms with Crippen LogP contribution in [0.25, 0.3) is 10.9 Å². The van der Waals surface area contributed by atoms with Gasteiger partial charge in [0.1, 0.15) is 0 Å². The molecule has 1 heterocycles. The van der Waals surface area contributed by atoms with Crippen molar-refractivity contribution in [1.82, 2.24) is 4.98 Å². The van der Waals surface area contributed by atoms with Gasteiger partial charge in [-0.1, -0.05) is 12.1 Å². The van der Waals surface area contributed by atoms with Crippen molar-refractivity contribution >= 4 is 22.7 Å². The number of carbonyl (C=O) groups excluding carboxylic acids is 1. The third kappa shape index (κ3) is 2.37. The van der Waals surface area contributed by atoms with E-state index in [9.17, 15) is 9.59 Å². The number of rotatable bonds is 4. The molecule has 0 unspecified atom stereocenters. The van der Waals surface area contributed by atoms with Crippen LogP contribution in [0.1, 0.15) is 28.8 Å². The molecule has 4 nitrogen and oxygen atoms in total. The number of hydrogen-bond donors (Lipinski definition) is 1. The van der Waals surface area contributed by atoms with Crippen molar-refractivity contribution in [2.24, 2.45) is 0 Å². The number of fused-ring (bicyclic) bond motifs is 1. The molecule has 1 N–H and O–H groups in total. The van der Waals surface area contributed by atoms with Crippen molar-refractivity contribution in [3.63, 3.8) is 0 Å². The Kier molecular flexibility index (Phi) is 3.37. The van der Waals surface area contributed by atoms with Crippen LogP contribution in [-0.2, 0) is 4.79 Å². The molecular weight excluding hydrogens is 230 g/mol. The highest BCUT2D eigenvalue weighted by Crippen LogP contribution is 2.22. The summed E-state index contributed by atoms with van der Waals surface area (Å²) in [4.78, 5) is 26.7. The fourth-order valence-corrected chi connectivity index (χ4v) is 1.97. The molecule has 4 heteroatoms. The van der Waals surface area contributed by atoms with E-state index in [4.69, 9.17) is 5.11 Å². The van der Waals surface area contributed by atoms with Crippen LogP contribution in [0.2, 0.25) is 0 Å². The number of carbonyl (C=O) groups is 2. The number of aryl methyl sites for hydroxylation is 1. The maximum atomic E-state index is 12.0. The Hall–Kier alpha value is -2.23. The van der Waals surface area contributed by atoms with Gasteiger partial charge in [-0.3, -0.25) is 14.6 Å². The number of pyridine rings is 1. The summed E-state index contributed by atoms with van der Waals surface area (Å²) in [7, 11) is 0. The van der Waals surface area contributed by atoms with Crippen LogP contribution >= 0.6 is 0 Å². The normalized spacial score (nSPS) is 10.5. The summed E-state index contributed by atoms with van der Waals surface area (Å²) in [5.74, 6) is -1.11. The van der Waals surface area contributed by atoms with Gasteiger partial charge in [0.25, 0.3) is 0 Å². The first-order valence-electron chi connectivity index (χ1n) is 5.69.